The normalized spacial score (nSPS) is 12.3. The van der Waals surface area contributed by atoms with Crippen LogP contribution in [0.2, 0.25) is 0 Å². The summed E-state index contributed by atoms with van der Waals surface area (Å²) in [7, 11) is 0. The molecule has 3 aromatic heterocycles. The predicted molar refractivity (Wildman–Crippen MR) is 195 cm³/mol. The van der Waals surface area contributed by atoms with Gasteiger partial charge in [0.15, 0.2) is 5.76 Å². The SMILES string of the molecule is N#Cc1ccc(-c2cccc3c4c(oc23)-c2c(c3ccccc3n2-c2ccccc2)CC4)c(-n2c3ccccc3c3cc(C#N)ccc32)c1. The number of fused-ring (bicyclic) bond motifs is 10. The number of aryl methyl sites for hydroxylation is 2. The molecule has 0 N–H and O–H groups in total. The number of furan rings is 1. The lowest BCUT2D eigenvalue weighted by Gasteiger charge is -2.16. The number of para-hydroxylation sites is 4. The van der Waals surface area contributed by atoms with Crippen LogP contribution in [0, 0.1) is 22.7 Å². The molecular formula is C44H26N4O. The Bertz CT molecular complexity index is 2910. The Morgan fingerprint density at radius 1 is 0.510 bits per heavy atom. The van der Waals surface area contributed by atoms with Gasteiger partial charge >= 0.3 is 0 Å². The van der Waals surface area contributed by atoms with E-state index in [9.17, 15) is 10.5 Å². The maximum Gasteiger partial charge on any atom is 0.155 e. The van der Waals surface area contributed by atoms with Crippen LogP contribution in [-0.2, 0) is 12.8 Å². The Labute approximate surface area is 281 Å². The Hall–Kier alpha value is -6.82. The van der Waals surface area contributed by atoms with Gasteiger partial charge in [0.25, 0.3) is 0 Å². The third-order valence-corrected chi connectivity index (χ3v) is 10.1. The third-order valence-electron chi connectivity index (χ3n) is 10.1. The smallest absolute Gasteiger partial charge is 0.155 e. The van der Waals surface area contributed by atoms with E-state index in [-0.39, 0.29) is 0 Å². The molecule has 0 radical (unpaired) electrons. The van der Waals surface area contributed by atoms with Gasteiger partial charge in [0.2, 0.25) is 0 Å². The highest BCUT2D eigenvalue weighted by molar-refractivity contribution is 6.11. The Morgan fingerprint density at radius 3 is 1.98 bits per heavy atom. The van der Waals surface area contributed by atoms with E-state index in [4.69, 9.17) is 4.42 Å². The molecule has 5 nitrogen and oxygen atoms in total. The summed E-state index contributed by atoms with van der Waals surface area (Å²) in [4.78, 5) is 0. The number of hydrogen-bond acceptors (Lipinski definition) is 3. The van der Waals surface area contributed by atoms with Crippen molar-refractivity contribution >= 4 is 43.7 Å². The molecular weight excluding hydrogens is 601 g/mol. The van der Waals surface area contributed by atoms with E-state index in [2.05, 4.69) is 106 Å². The van der Waals surface area contributed by atoms with Gasteiger partial charge in [-0.1, -0.05) is 78.9 Å². The number of hydrogen-bond donors (Lipinski definition) is 0. The van der Waals surface area contributed by atoms with Crippen LogP contribution in [0.1, 0.15) is 22.3 Å². The molecule has 0 fully saturated rings. The van der Waals surface area contributed by atoms with E-state index in [1.54, 1.807) is 0 Å². The van der Waals surface area contributed by atoms with Gasteiger partial charge in [0.1, 0.15) is 5.58 Å². The summed E-state index contributed by atoms with van der Waals surface area (Å²) in [5.74, 6) is 0.917. The minimum Gasteiger partial charge on any atom is -0.454 e. The minimum absolute atomic E-state index is 0.571. The quantitative estimate of drug-likeness (QED) is 0.196. The topological polar surface area (TPSA) is 70.6 Å². The van der Waals surface area contributed by atoms with Crippen LogP contribution in [0.15, 0.2) is 138 Å². The predicted octanol–water partition coefficient (Wildman–Crippen LogP) is 10.6. The molecule has 0 spiro atoms. The van der Waals surface area contributed by atoms with Gasteiger partial charge in [0, 0.05) is 43.9 Å². The second-order valence-electron chi connectivity index (χ2n) is 12.6. The number of benzene rings is 6. The highest BCUT2D eigenvalue weighted by Crippen LogP contribution is 2.48. The molecule has 0 saturated heterocycles. The molecule has 1 aliphatic rings. The van der Waals surface area contributed by atoms with Gasteiger partial charge in [0.05, 0.1) is 51.2 Å². The fourth-order valence-corrected chi connectivity index (χ4v) is 8.03. The van der Waals surface area contributed by atoms with Gasteiger partial charge < -0.3 is 13.6 Å². The maximum atomic E-state index is 10.1. The van der Waals surface area contributed by atoms with Crippen molar-refractivity contribution in [2.75, 3.05) is 0 Å². The molecule has 0 bridgehead atoms. The van der Waals surface area contributed by atoms with Crippen LogP contribution in [0.25, 0.3) is 77.6 Å². The van der Waals surface area contributed by atoms with Gasteiger partial charge in [-0.2, -0.15) is 10.5 Å². The first-order chi connectivity index (χ1) is 24.2. The second-order valence-corrected chi connectivity index (χ2v) is 12.6. The minimum atomic E-state index is 0.571. The van der Waals surface area contributed by atoms with E-state index in [1.165, 1.54) is 22.0 Å². The first kappa shape index (κ1) is 27.3. The molecule has 3 heterocycles. The van der Waals surface area contributed by atoms with Crippen LogP contribution in [-0.4, -0.2) is 9.13 Å². The summed E-state index contributed by atoms with van der Waals surface area (Å²) >= 11 is 0. The average Bonchev–Trinajstić information content (AvgIpc) is 3.82. The lowest BCUT2D eigenvalue weighted by molar-refractivity contribution is 0.617. The molecule has 0 aliphatic heterocycles. The second kappa shape index (κ2) is 10.3. The molecule has 0 amide bonds. The number of nitrogens with zero attached hydrogens (tertiary/aromatic N) is 4. The fourth-order valence-electron chi connectivity index (χ4n) is 8.03. The summed E-state index contributed by atoms with van der Waals surface area (Å²) in [5.41, 5.74) is 12.7. The summed E-state index contributed by atoms with van der Waals surface area (Å²) in [6.07, 6.45) is 1.81. The van der Waals surface area contributed by atoms with E-state index in [0.29, 0.717) is 11.1 Å². The summed E-state index contributed by atoms with van der Waals surface area (Å²) in [5, 5.41) is 24.2. The van der Waals surface area contributed by atoms with Crippen molar-refractivity contribution < 1.29 is 4.42 Å². The Kier molecular flexibility index (Phi) is 5.76. The fraction of sp³-hybridized carbons (Fsp3) is 0.0455. The lowest BCUT2D eigenvalue weighted by atomic mass is 9.91. The molecule has 228 valence electrons. The molecule has 0 unspecified atom stereocenters. The van der Waals surface area contributed by atoms with Crippen molar-refractivity contribution in [3.05, 3.63) is 156 Å². The van der Waals surface area contributed by atoms with Crippen LogP contribution >= 0.6 is 0 Å². The van der Waals surface area contributed by atoms with Gasteiger partial charge in [-0.3, -0.25) is 0 Å². The zero-order chi connectivity index (χ0) is 32.6. The van der Waals surface area contributed by atoms with E-state index < -0.39 is 0 Å². The molecule has 6 aromatic carbocycles. The van der Waals surface area contributed by atoms with Crippen molar-refractivity contribution in [3.63, 3.8) is 0 Å². The standard InChI is InChI=1S/C44H26N4O/c45-25-27-18-22-40-37(23-27)31-12-5-7-16-39(31)48(40)41-24-28(26-46)17-19-32(41)34-13-8-14-35-36-21-20-33-30-11-4-6-15-38(30)47(29-9-2-1-3-10-29)42(33)44(36)49-43(34)35/h1-19,22-24H,20-21H2. The number of aromatic nitrogens is 2. The first-order valence-electron chi connectivity index (χ1n) is 16.4. The Morgan fingerprint density at radius 2 is 1.16 bits per heavy atom. The van der Waals surface area contributed by atoms with Crippen LogP contribution in [0.3, 0.4) is 0 Å². The van der Waals surface area contributed by atoms with Gasteiger partial charge in [-0.05, 0) is 73.0 Å². The zero-order valence-electron chi connectivity index (χ0n) is 26.3. The van der Waals surface area contributed by atoms with E-state index >= 15 is 0 Å². The van der Waals surface area contributed by atoms with Gasteiger partial charge in [-0.15, -0.1) is 0 Å². The van der Waals surface area contributed by atoms with Crippen molar-refractivity contribution in [2.45, 2.75) is 12.8 Å². The molecule has 5 heteroatoms. The zero-order valence-corrected chi connectivity index (χ0v) is 26.3. The van der Waals surface area contributed by atoms with Gasteiger partial charge in [-0.25, -0.2) is 0 Å². The summed E-state index contributed by atoms with van der Waals surface area (Å²) < 4.78 is 11.7. The number of nitriles is 2. The third kappa shape index (κ3) is 3.85. The van der Waals surface area contributed by atoms with Crippen molar-refractivity contribution in [1.29, 1.82) is 10.5 Å². The summed E-state index contributed by atoms with van der Waals surface area (Å²) in [6, 6.07) is 50.2. The van der Waals surface area contributed by atoms with Crippen LogP contribution < -0.4 is 0 Å². The van der Waals surface area contributed by atoms with Crippen molar-refractivity contribution in [1.82, 2.24) is 9.13 Å². The molecule has 10 rings (SSSR count). The van der Waals surface area contributed by atoms with E-state index in [0.717, 1.165) is 79.6 Å². The highest BCUT2D eigenvalue weighted by Gasteiger charge is 2.31. The first-order valence-corrected chi connectivity index (χ1v) is 16.4. The number of rotatable bonds is 3. The molecule has 1 aliphatic carbocycles. The van der Waals surface area contributed by atoms with E-state index in [1.807, 2.05) is 48.5 Å². The highest BCUT2D eigenvalue weighted by atomic mass is 16.3. The monoisotopic (exact) mass is 626 g/mol. The molecule has 49 heavy (non-hydrogen) atoms. The van der Waals surface area contributed by atoms with Crippen LogP contribution in [0.5, 0.6) is 0 Å². The average molecular weight is 627 g/mol. The largest absolute Gasteiger partial charge is 0.454 e. The van der Waals surface area contributed by atoms with Crippen molar-refractivity contribution in [3.8, 4) is 46.1 Å². The Balaban J connectivity index is 1.27. The lowest BCUT2D eigenvalue weighted by Crippen LogP contribution is -2.04. The molecule has 9 aromatic rings. The van der Waals surface area contributed by atoms with Crippen LogP contribution in [0.4, 0.5) is 0 Å². The molecule has 0 saturated carbocycles. The summed E-state index contributed by atoms with van der Waals surface area (Å²) in [6.45, 7) is 0. The van der Waals surface area contributed by atoms with Crippen molar-refractivity contribution in [2.24, 2.45) is 0 Å². The maximum absolute atomic E-state index is 10.1. The molecule has 0 atom stereocenters.